The van der Waals surface area contributed by atoms with Crippen LogP contribution in [-0.4, -0.2) is 41.1 Å². The van der Waals surface area contributed by atoms with Gasteiger partial charge in [0, 0.05) is 13.1 Å². The monoisotopic (exact) mass is 297 g/mol. The van der Waals surface area contributed by atoms with E-state index in [0.717, 1.165) is 0 Å². The Labute approximate surface area is 123 Å². The third kappa shape index (κ3) is 5.06. The Bertz CT molecular complexity index is 489. The fourth-order valence-corrected chi connectivity index (χ4v) is 1.81. The van der Waals surface area contributed by atoms with E-state index in [4.69, 9.17) is 9.84 Å². The molecule has 1 N–H and O–H groups in total. The summed E-state index contributed by atoms with van der Waals surface area (Å²) >= 11 is 0. The van der Waals surface area contributed by atoms with Crippen molar-refractivity contribution in [3.63, 3.8) is 0 Å². The van der Waals surface area contributed by atoms with Crippen LogP contribution in [0.25, 0.3) is 0 Å². The van der Waals surface area contributed by atoms with E-state index in [1.54, 1.807) is 20.8 Å². The Balaban J connectivity index is 2.66. The minimum Gasteiger partial charge on any atom is -0.481 e. The zero-order chi connectivity index (χ0) is 16.0. The Hall–Kier alpha value is -2.11. The quantitative estimate of drug-likeness (QED) is 0.837. The summed E-state index contributed by atoms with van der Waals surface area (Å²) < 4.78 is 18.2. The molecular formula is C15H20FNO4. The lowest BCUT2D eigenvalue weighted by Crippen LogP contribution is -2.43. The first-order chi connectivity index (χ1) is 9.85. The zero-order valence-corrected chi connectivity index (χ0v) is 12.4. The van der Waals surface area contributed by atoms with Crippen LogP contribution in [0, 0.1) is 11.7 Å². The van der Waals surface area contributed by atoms with Gasteiger partial charge in [-0.2, -0.15) is 0 Å². The number of carboxylic acid groups (broad SMARTS) is 1. The number of hydrogen-bond donors (Lipinski definition) is 1. The number of carbonyl (C=O) groups excluding carboxylic acids is 1. The molecule has 0 fully saturated rings. The first-order valence-corrected chi connectivity index (χ1v) is 6.79. The third-order valence-electron chi connectivity index (χ3n) is 3.08. The van der Waals surface area contributed by atoms with E-state index in [-0.39, 0.29) is 18.3 Å². The van der Waals surface area contributed by atoms with E-state index in [2.05, 4.69) is 0 Å². The second kappa shape index (κ2) is 7.61. The Morgan fingerprint density at radius 2 is 1.86 bits per heavy atom. The number of carboxylic acids is 1. The average molecular weight is 297 g/mol. The van der Waals surface area contributed by atoms with Gasteiger partial charge in [-0.05, 0) is 38.1 Å². The van der Waals surface area contributed by atoms with Gasteiger partial charge in [0.25, 0.3) is 5.91 Å². The predicted molar refractivity (Wildman–Crippen MR) is 75.5 cm³/mol. The van der Waals surface area contributed by atoms with Gasteiger partial charge in [-0.15, -0.1) is 0 Å². The number of benzene rings is 1. The number of aliphatic carboxylic acids is 1. The van der Waals surface area contributed by atoms with E-state index in [0.29, 0.717) is 12.3 Å². The van der Waals surface area contributed by atoms with Crippen LogP contribution >= 0.6 is 0 Å². The van der Waals surface area contributed by atoms with Crippen LogP contribution in [-0.2, 0) is 9.59 Å². The van der Waals surface area contributed by atoms with Crippen molar-refractivity contribution in [3.05, 3.63) is 30.1 Å². The van der Waals surface area contributed by atoms with Crippen molar-refractivity contribution < 1.29 is 23.8 Å². The van der Waals surface area contributed by atoms with E-state index < -0.39 is 18.0 Å². The van der Waals surface area contributed by atoms with Gasteiger partial charge >= 0.3 is 5.97 Å². The highest BCUT2D eigenvalue weighted by Crippen LogP contribution is 2.14. The first-order valence-electron chi connectivity index (χ1n) is 6.79. The topological polar surface area (TPSA) is 66.8 Å². The second-order valence-corrected chi connectivity index (χ2v) is 4.83. The lowest BCUT2D eigenvalue weighted by atomic mass is 10.1. The molecule has 116 valence electrons. The highest BCUT2D eigenvalue weighted by molar-refractivity contribution is 5.81. The number of rotatable bonds is 7. The molecule has 1 aromatic rings. The number of hydrogen-bond acceptors (Lipinski definition) is 3. The Morgan fingerprint density at radius 1 is 1.29 bits per heavy atom. The van der Waals surface area contributed by atoms with Crippen molar-refractivity contribution in [3.8, 4) is 5.75 Å². The largest absolute Gasteiger partial charge is 0.481 e. The molecule has 0 saturated carbocycles. The standard InChI is InChI=1S/C15H20FNO4/c1-4-17(9-10(2)15(19)20)14(18)11(3)21-13-7-5-12(16)6-8-13/h5-8,10-11H,4,9H2,1-3H3,(H,19,20). The number of ether oxygens (including phenoxy) is 1. The molecule has 0 heterocycles. The van der Waals surface area contributed by atoms with Crippen molar-refractivity contribution in [1.29, 1.82) is 0 Å². The number of likely N-dealkylation sites (N-methyl/N-ethyl adjacent to an activating group) is 1. The van der Waals surface area contributed by atoms with Gasteiger partial charge < -0.3 is 14.7 Å². The van der Waals surface area contributed by atoms with Crippen LogP contribution < -0.4 is 4.74 Å². The maximum Gasteiger partial charge on any atom is 0.308 e. The normalized spacial score (nSPS) is 13.3. The van der Waals surface area contributed by atoms with Gasteiger partial charge in [-0.25, -0.2) is 4.39 Å². The van der Waals surface area contributed by atoms with Crippen molar-refractivity contribution in [2.75, 3.05) is 13.1 Å². The van der Waals surface area contributed by atoms with Gasteiger partial charge in [-0.1, -0.05) is 6.92 Å². The number of carbonyl (C=O) groups is 2. The molecule has 0 radical (unpaired) electrons. The molecule has 0 aliphatic carbocycles. The molecule has 2 atom stereocenters. The van der Waals surface area contributed by atoms with Gasteiger partial charge in [0.15, 0.2) is 6.10 Å². The highest BCUT2D eigenvalue weighted by atomic mass is 19.1. The zero-order valence-electron chi connectivity index (χ0n) is 12.4. The summed E-state index contributed by atoms with van der Waals surface area (Å²) in [6.45, 7) is 5.43. The third-order valence-corrected chi connectivity index (χ3v) is 3.08. The molecule has 21 heavy (non-hydrogen) atoms. The lowest BCUT2D eigenvalue weighted by Gasteiger charge is -2.26. The molecular weight excluding hydrogens is 277 g/mol. The van der Waals surface area contributed by atoms with Crippen LogP contribution in [0.4, 0.5) is 4.39 Å². The lowest BCUT2D eigenvalue weighted by molar-refractivity contribution is -0.144. The maximum atomic E-state index is 12.8. The van der Waals surface area contributed by atoms with E-state index >= 15 is 0 Å². The molecule has 0 aliphatic heterocycles. The SMILES string of the molecule is CCN(CC(C)C(=O)O)C(=O)C(C)Oc1ccc(F)cc1. The van der Waals surface area contributed by atoms with Crippen LogP contribution in [0.5, 0.6) is 5.75 Å². The van der Waals surface area contributed by atoms with Crippen LogP contribution in [0.15, 0.2) is 24.3 Å². The molecule has 0 spiro atoms. The molecule has 0 bridgehead atoms. The molecule has 5 nitrogen and oxygen atoms in total. The van der Waals surface area contributed by atoms with Crippen LogP contribution in [0.2, 0.25) is 0 Å². The molecule has 2 unspecified atom stereocenters. The van der Waals surface area contributed by atoms with Crippen molar-refractivity contribution in [2.24, 2.45) is 5.92 Å². The highest BCUT2D eigenvalue weighted by Gasteiger charge is 2.24. The van der Waals surface area contributed by atoms with Crippen molar-refractivity contribution >= 4 is 11.9 Å². The van der Waals surface area contributed by atoms with Crippen LogP contribution in [0.1, 0.15) is 20.8 Å². The second-order valence-electron chi connectivity index (χ2n) is 4.83. The summed E-state index contributed by atoms with van der Waals surface area (Å²) in [7, 11) is 0. The molecule has 0 saturated heterocycles. The summed E-state index contributed by atoms with van der Waals surface area (Å²) in [5.74, 6) is -1.89. The number of nitrogens with zero attached hydrogens (tertiary/aromatic N) is 1. The molecule has 0 aromatic heterocycles. The summed E-state index contributed by atoms with van der Waals surface area (Å²) in [6.07, 6.45) is -0.767. The summed E-state index contributed by atoms with van der Waals surface area (Å²) in [5.41, 5.74) is 0. The van der Waals surface area contributed by atoms with Gasteiger partial charge in [0.05, 0.1) is 5.92 Å². The summed E-state index contributed by atoms with van der Waals surface area (Å²) in [4.78, 5) is 24.5. The minimum absolute atomic E-state index is 0.127. The summed E-state index contributed by atoms with van der Waals surface area (Å²) in [5, 5.41) is 8.90. The fourth-order valence-electron chi connectivity index (χ4n) is 1.81. The van der Waals surface area contributed by atoms with Crippen LogP contribution in [0.3, 0.4) is 0 Å². The first kappa shape index (κ1) is 16.9. The summed E-state index contributed by atoms with van der Waals surface area (Å²) in [6, 6.07) is 5.37. The van der Waals surface area contributed by atoms with E-state index in [1.807, 2.05) is 0 Å². The van der Waals surface area contributed by atoms with Gasteiger partial charge in [0.2, 0.25) is 0 Å². The molecule has 1 aromatic carbocycles. The van der Waals surface area contributed by atoms with E-state index in [1.165, 1.54) is 29.2 Å². The van der Waals surface area contributed by atoms with Crippen molar-refractivity contribution in [2.45, 2.75) is 26.9 Å². The van der Waals surface area contributed by atoms with E-state index in [9.17, 15) is 14.0 Å². The minimum atomic E-state index is -0.951. The maximum absolute atomic E-state index is 12.8. The Kier molecular flexibility index (Phi) is 6.14. The molecule has 0 aliphatic rings. The number of amides is 1. The molecule has 6 heteroatoms. The smallest absolute Gasteiger partial charge is 0.308 e. The van der Waals surface area contributed by atoms with Gasteiger partial charge in [-0.3, -0.25) is 9.59 Å². The molecule has 1 rings (SSSR count). The number of halogens is 1. The Morgan fingerprint density at radius 3 is 2.33 bits per heavy atom. The van der Waals surface area contributed by atoms with Crippen molar-refractivity contribution in [1.82, 2.24) is 4.90 Å². The fraction of sp³-hybridized carbons (Fsp3) is 0.467. The predicted octanol–water partition coefficient (Wildman–Crippen LogP) is 2.16. The average Bonchev–Trinajstić information content (AvgIpc) is 2.45. The molecule has 1 amide bonds. The van der Waals surface area contributed by atoms with Gasteiger partial charge in [0.1, 0.15) is 11.6 Å².